The molecule has 1 atom stereocenters. The number of aliphatic carboxylic acids is 1. The first kappa shape index (κ1) is 14.9. The van der Waals surface area contributed by atoms with E-state index in [1.165, 1.54) is 12.1 Å². The molecule has 1 aromatic carbocycles. The first-order valence-corrected chi connectivity index (χ1v) is 7.78. The van der Waals surface area contributed by atoms with Crippen molar-refractivity contribution in [1.82, 2.24) is 4.72 Å². The molecule has 1 fully saturated rings. The van der Waals surface area contributed by atoms with Crippen molar-refractivity contribution in [3.8, 4) is 0 Å². The lowest BCUT2D eigenvalue weighted by Crippen LogP contribution is -2.38. The minimum Gasteiger partial charge on any atom is -0.481 e. The zero-order valence-corrected chi connectivity index (χ0v) is 11.8. The molecule has 110 valence electrons. The Morgan fingerprint density at radius 1 is 1.50 bits per heavy atom. The Hall–Kier alpha value is -1.47. The van der Waals surface area contributed by atoms with Crippen molar-refractivity contribution in [3.05, 3.63) is 29.6 Å². The van der Waals surface area contributed by atoms with Crippen LogP contribution in [-0.2, 0) is 14.8 Å². The van der Waals surface area contributed by atoms with Gasteiger partial charge >= 0.3 is 5.97 Å². The maximum absolute atomic E-state index is 13.7. The van der Waals surface area contributed by atoms with Crippen molar-refractivity contribution in [2.75, 3.05) is 0 Å². The lowest BCUT2D eigenvalue weighted by atomic mass is 10.1. The molecule has 5 nitrogen and oxygen atoms in total. The van der Waals surface area contributed by atoms with Crippen molar-refractivity contribution >= 4 is 16.0 Å². The highest BCUT2D eigenvalue weighted by atomic mass is 32.2. The van der Waals surface area contributed by atoms with Gasteiger partial charge in [-0.15, -0.1) is 0 Å². The summed E-state index contributed by atoms with van der Waals surface area (Å²) >= 11 is 0. The van der Waals surface area contributed by atoms with E-state index < -0.39 is 32.7 Å². The number of halogens is 1. The van der Waals surface area contributed by atoms with Crippen LogP contribution in [0.3, 0.4) is 0 Å². The summed E-state index contributed by atoms with van der Waals surface area (Å²) in [5.41, 5.74) is 0.619. The fraction of sp³-hybridized carbons (Fsp3) is 0.462. The van der Waals surface area contributed by atoms with Crippen LogP contribution in [-0.4, -0.2) is 25.5 Å². The summed E-state index contributed by atoms with van der Waals surface area (Å²) in [5.74, 6) is -1.89. The molecule has 0 saturated heterocycles. The van der Waals surface area contributed by atoms with Crippen LogP contribution in [0.4, 0.5) is 4.39 Å². The van der Waals surface area contributed by atoms with Crippen molar-refractivity contribution in [2.24, 2.45) is 5.92 Å². The molecule has 1 aromatic rings. The maximum Gasteiger partial charge on any atom is 0.304 e. The van der Waals surface area contributed by atoms with E-state index in [1.54, 1.807) is 6.92 Å². The summed E-state index contributed by atoms with van der Waals surface area (Å²) in [4.78, 5) is 10.3. The number of benzene rings is 1. The zero-order valence-electron chi connectivity index (χ0n) is 11.0. The van der Waals surface area contributed by atoms with Gasteiger partial charge in [-0.25, -0.2) is 17.5 Å². The molecule has 1 aliphatic rings. The molecule has 2 rings (SSSR count). The summed E-state index contributed by atoms with van der Waals surface area (Å²) in [7, 11) is -4.05. The Morgan fingerprint density at radius 2 is 2.15 bits per heavy atom. The molecule has 1 saturated carbocycles. The third-order valence-electron chi connectivity index (χ3n) is 3.27. The molecule has 1 unspecified atom stereocenters. The van der Waals surface area contributed by atoms with Gasteiger partial charge in [0.1, 0.15) is 10.7 Å². The average Bonchev–Trinajstić information content (AvgIpc) is 3.14. The van der Waals surface area contributed by atoms with E-state index in [2.05, 4.69) is 4.72 Å². The number of sulfonamides is 1. The molecule has 2 N–H and O–H groups in total. The van der Waals surface area contributed by atoms with E-state index in [0.29, 0.717) is 5.56 Å². The van der Waals surface area contributed by atoms with Gasteiger partial charge in [-0.05, 0) is 43.4 Å². The van der Waals surface area contributed by atoms with E-state index in [1.807, 2.05) is 0 Å². The number of nitrogens with one attached hydrogen (secondary N) is 1. The average molecular weight is 301 g/mol. The zero-order chi connectivity index (χ0) is 14.9. The topological polar surface area (TPSA) is 83.5 Å². The first-order chi connectivity index (χ1) is 9.29. The lowest BCUT2D eigenvalue weighted by molar-refractivity contribution is -0.137. The summed E-state index contributed by atoms with van der Waals surface area (Å²) in [6.07, 6.45) is 1.28. The summed E-state index contributed by atoms with van der Waals surface area (Å²) < 4.78 is 40.4. The Morgan fingerprint density at radius 3 is 2.70 bits per heavy atom. The molecule has 0 bridgehead atoms. The van der Waals surface area contributed by atoms with Gasteiger partial charge in [0.15, 0.2) is 0 Å². The SMILES string of the molecule is Cc1ccc(F)c(S(=O)(=O)NC(CC(=O)O)C2CC2)c1. The van der Waals surface area contributed by atoms with E-state index in [0.717, 1.165) is 18.9 Å². The smallest absolute Gasteiger partial charge is 0.304 e. The second kappa shape index (κ2) is 5.49. The number of carbonyl (C=O) groups is 1. The molecule has 0 amide bonds. The standard InChI is InChI=1S/C13H16FNO4S/c1-8-2-5-10(14)12(6-8)20(18,19)15-11(7-13(16)17)9-3-4-9/h2,5-6,9,11,15H,3-4,7H2,1H3,(H,16,17). The fourth-order valence-corrected chi connectivity index (χ4v) is 3.54. The van der Waals surface area contributed by atoms with Crippen LogP contribution in [0.5, 0.6) is 0 Å². The van der Waals surface area contributed by atoms with Gasteiger partial charge in [-0.3, -0.25) is 4.79 Å². The van der Waals surface area contributed by atoms with Gasteiger partial charge in [0.2, 0.25) is 10.0 Å². The molecule has 0 heterocycles. The molecule has 20 heavy (non-hydrogen) atoms. The molecule has 0 aliphatic heterocycles. The highest BCUT2D eigenvalue weighted by Crippen LogP contribution is 2.35. The minimum atomic E-state index is -4.05. The van der Waals surface area contributed by atoms with Crippen LogP contribution in [0.15, 0.2) is 23.1 Å². The Bertz CT molecular complexity index is 625. The Balaban J connectivity index is 2.25. The fourth-order valence-electron chi connectivity index (χ4n) is 2.07. The third-order valence-corrected chi connectivity index (χ3v) is 4.77. The van der Waals surface area contributed by atoms with Crippen LogP contribution in [0.1, 0.15) is 24.8 Å². The molecule has 0 aromatic heterocycles. The predicted molar refractivity (Wildman–Crippen MR) is 70.2 cm³/mol. The van der Waals surface area contributed by atoms with E-state index in [9.17, 15) is 17.6 Å². The molecule has 0 spiro atoms. The summed E-state index contributed by atoms with van der Waals surface area (Å²) in [6, 6.07) is 3.12. The Labute approximate surface area is 116 Å². The number of hydrogen-bond acceptors (Lipinski definition) is 3. The molecule has 1 aliphatic carbocycles. The van der Waals surface area contributed by atoms with Crippen molar-refractivity contribution in [3.63, 3.8) is 0 Å². The maximum atomic E-state index is 13.7. The molecular formula is C13H16FNO4S. The monoisotopic (exact) mass is 301 g/mol. The van der Waals surface area contributed by atoms with Crippen LogP contribution in [0, 0.1) is 18.7 Å². The van der Waals surface area contributed by atoms with E-state index >= 15 is 0 Å². The van der Waals surface area contributed by atoms with Crippen LogP contribution in [0.25, 0.3) is 0 Å². The quantitative estimate of drug-likeness (QED) is 0.837. The molecule has 0 radical (unpaired) electrons. The number of rotatable bonds is 6. The summed E-state index contributed by atoms with van der Waals surface area (Å²) in [5, 5.41) is 8.82. The van der Waals surface area contributed by atoms with Gasteiger partial charge in [0.25, 0.3) is 0 Å². The number of hydrogen-bond donors (Lipinski definition) is 2. The largest absolute Gasteiger partial charge is 0.481 e. The highest BCUT2D eigenvalue weighted by molar-refractivity contribution is 7.89. The third kappa shape index (κ3) is 3.55. The van der Waals surface area contributed by atoms with Crippen LogP contribution < -0.4 is 4.72 Å². The normalized spacial score (nSPS) is 16.9. The number of aryl methyl sites for hydroxylation is 1. The number of carboxylic acid groups (broad SMARTS) is 1. The second-order valence-corrected chi connectivity index (χ2v) is 6.78. The highest BCUT2D eigenvalue weighted by Gasteiger charge is 2.36. The van der Waals surface area contributed by atoms with Crippen LogP contribution in [0.2, 0.25) is 0 Å². The van der Waals surface area contributed by atoms with Gasteiger partial charge in [0, 0.05) is 6.04 Å². The summed E-state index contributed by atoms with van der Waals surface area (Å²) in [6.45, 7) is 1.66. The van der Waals surface area contributed by atoms with E-state index in [-0.39, 0.29) is 12.3 Å². The molecular weight excluding hydrogens is 285 g/mol. The van der Waals surface area contributed by atoms with E-state index in [4.69, 9.17) is 5.11 Å². The first-order valence-electron chi connectivity index (χ1n) is 6.30. The van der Waals surface area contributed by atoms with Gasteiger partial charge < -0.3 is 5.11 Å². The van der Waals surface area contributed by atoms with Crippen molar-refractivity contribution in [2.45, 2.75) is 37.1 Å². The second-order valence-electron chi connectivity index (χ2n) is 5.10. The molecule has 7 heteroatoms. The number of carboxylic acids is 1. The van der Waals surface area contributed by atoms with Crippen molar-refractivity contribution < 1.29 is 22.7 Å². The minimum absolute atomic E-state index is 0.0220. The predicted octanol–water partition coefficient (Wildman–Crippen LogP) is 1.67. The lowest BCUT2D eigenvalue weighted by Gasteiger charge is -2.17. The Kier molecular flexibility index (Phi) is 4.10. The van der Waals surface area contributed by atoms with Gasteiger partial charge in [-0.1, -0.05) is 6.07 Å². The van der Waals surface area contributed by atoms with Gasteiger partial charge in [0.05, 0.1) is 6.42 Å². The van der Waals surface area contributed by atoms with Crippen LogP contribution >= 0.6 is 0 Å². The van der Waals surface area contributed by atoms with Gasteiger partial charge in [-0.2, -0.15) is 0 Å². The van der Waals surface area contributed by atoms with Crippen molar-refractivity contribution in [1.29, 1.82) is 0 Å².